The number of aliphatic carboxylic acids is 1. The fourth-order valence-corrected chi connectivity index (χ4v) is 1.33. The zero-order valence-corrected chi connectivity index (χ0v) is 12.5. The summed E-state index contributed by atoms with van der Waals surface area (Å²) < 4.78 is 9.41. The number of amides is 1. The molecule has 18 heavy (non-hydrogen) atoms. The van der Waals surface area contributed by atoms with E-state index < -0.39 is 29.7 Å². The Morgan fingerprint density at radius 2 is 1.89 bits per heavy atom. The zero-order chi connectivity index (χ0) is 14.3. The summed E-state index contributed by atoms with van der Waals surface area (Å²) >= 11 is 1.37. The third-order valence-corrected chi connectivity index (χ3v) is 2.13. The second-order valence-electron chi connectivity index (χ2n) is 4.53. The van der Waals surface area contributed by atoms with E-state index in [-0.39, 0.29) is 12.8 Å². The lowest BCUT2D eigenvalue weighted by Crippen LogP contribution is -2.43. The van der Waals surface area contributed by atoms with Crippen molar-refractivity contribution in [3.8, 4) is 0 Å². The molecule has 1 atom stereocenters. The van der Waals surface area contributed by atoms with Crippen LogP contribution in [0.2, 0.25) is 0 Å². The normalized spacial score (nSPS) is 12.4. The molecule has 104 valence electrons. The van der Waals surface area contributed by atoms with Crippen LogP contribution in [0.1, 0.15) is 33.6 Å². The first kappa shape index (κ1) is 16.9. The van der Waals surface area contributed by atoms with Crippen molar-refractivity contribution in [3.05, 3.63) is 0 Å². The number of nitrogens with one attached hydrogen (secondary N) is 1. The first-order chi connectivity index (χ1) is 8.15. The van der Waals surface area contributed by atoms with Crippen LogP contribution < -0.4 is 5.32 Å². The molecule has 0 aromatic rings. The molecule has 7 nitrogen and oxygen atoms in total. The third kappa shape index (κ3) is 8.09. The van der Waals surface area contributed by atoms with Crippen molar-refractivity contribution in [3.63, 3.8) is 0 Å². The molecule has 0 rings (SSSR count). The molecule has 8 heteroatoms. The third-order valence-electron chi connectivity index (χ3n) is 1.70. The summed E-state index contributed by atoms with van der Waals surface area (Å²) in [5.41, 5.74) is -0.699. The van der Waals surface area contributed by atoms with Gasteiger partial charge in [-0.1, -0.05) is 0 Å². The Morgan fingerprint density at radius 3 is 2.28 bits per heavy atom. The fourth-order valence-electron chi connectivity index (χ4n) is 1.02. The van der Waals surface area contributed by atoms with Crippen LogP contribution in [0.15, 0.2) is 0 Å². The van der Waals surface area contributed by atoms with Crippen LogP contribution in [0.25, 0.3) is 0 Å². The maximum absolute atomic E-state index is 11.4. The fraction of sp³-hybridized carbons (Fsp3) is 0.700. The highest BCUT2D eigenvalue weighted by molar-refractivity contribution is 14.1. The Hall–Kier alpha value is -1.06. The number of carbonyl (C=O) groups is 3. The lowest BCUT2D eigenvalue weighted by Gasteiger charge is -2.22. The largest absolute Gasteiger partial charge is 0.481 e. The van der Waals surface area contributed by atoms with E-state index in [0.717, 1.165) is 0 Å². The number of hydrogen-bond acceptors (Lipinski definition) is 5. The predicted molar refractivity (Wildman–Crippen MR) is 70.1 cm³/mol. The summed E-state index contributed by atoms with van der Waals surface area (Å²) in [5.74, 6) is -1.78. The van der Waals surface area contributed by atoms with Crippen molar-refractivity contribution in [1.29, 1.82) is 0 Å². The molecule has 0 radical (unpaired) electrons. The van der Waals surface area contributed by atoms with E-state index in [2.05, 4.69) is 8.38 Å². The van der Waals surface area contributed by atoms with Crippen LogP contribution in [0, 0.1) is 0 Å². The zero-order valence-electron chi connectivity index (χ0n) is 10.4. The molecule has 0 aliphatic carbocycles. The van der Waals surface area contributed by atoms with Crippen molar-refractivity contribution in [2.75, 3.05) is 0 Å². The molecule has 0 aliphatic rings. The summed E-state index contributed by atoms with van der Waals surface area (Å²) in [6.45, 7) is 5.03. The van der Waals surface area contributed by atoms with Crippen molar-refractivity contribution in [2.45, 2.75) is 45.3 Å². The molecule has 0 saturated heterocycles. The highest BCUT2D eigenvalue weighted by Crippen LogP contribution is 2.09. The van der Waals surface area contributed by atoms with Gasteiger partial charge in [0.2, 0.25) is 0 Å². The summed E-state index contributed by atoms with van der Waals surface area (Å²) in [6.07, 6.45) is -1.11. The molecular weight excluding hydrogens is 357 g/mol. The summed E-state index contributed by atoms with van der Waals surface area (Å²) in [6, 6.07) is -1.03. The van der Waals surface area contributed by atoms with Crippen LogP contribution in [-0.2, 0) is 17.4 Å². The van der Waals surface area contributed by atoms with Gasteiger partial charge in [-0.25, -0.2) is 9.59 Å². The number of halogens is 1. The van der Waals surface area contributed by atoms with Gasteiger partial charge >= 0.3 is 18.0 Å². The van der Waals surface area contributed by atoms with Crippen LogP contribution in [-0.4, -0.2) is 34.8 Å². The number of carboxylic acids is 1. The van der Waals surface area contributed by atoms with Gasteiger partial charge in [0.05, 0.1) is 0 Å². The number of hydrogen-bond donors (Lipinski definition) is 2. The van der Waals surface area contributed by atoms with Gasteiger partial charge in [0, 0.05) is 6.42 Å². The maximum atomic E-state index is 11.4. The number of rotatable bonds is 5. The van der Waals surface area contributed by atoms with Gasteiger partial charge in [0.25, 0.3) is 0 Å². The Labute approximate surface area is 119 Å². The number of ether oxygens (including phenoxy) is 1. The van der Waals surface area contributed by atoms with E-state index in [1.807, 2.05) is 0 Å². The van der Waals surface area contributed by atoms with Gasteiger partial charge in [0.1, 0.15) is 11.6 Å². The molecule has 0 bridgehead atoms. The van der Waals surface area contributed by atoms with Crippen LogP contribution in [0.4, 0.5) is 4.79 Å². The van der Waals surface area contributed by atoms with E-state index >= 15 is 0 Å². The maximum Gasteiger partial charge on any atom is 0.408 e. The smallest absolute Gasteiger partial charge is 0.408 e. The molecular formula is C10H16INO6. The molecule has 0 heterocycles. The monoisotopic (exact) mass is 373 g/mol. The molecule has 0 aliphatic heterocycles. The molecule has 1 amide bonds. The standard InChI is InChI=1S/C10H16INO6/c1-10(2,3)17-9(16)12-6(8(15)18-11)4-5-7(13)14/h6H,4-5H2,1-3H3,(H,12,16)(H,13,14)/t6-/m0/s1. The minimum atomic E-state index is -1.06. The van der Waals surface area contributed by atoms with Gasteiger partial charge < -0.3 is 18.2 Å². The molecule has 0 fully saturated rings. The Balaban J connectivity index is 4.45. The topological polar surface area (TPSA) is 102 Å². The van der Waals surface area contributed by atoms with Gasteiger partial charge in [-0.05, 0) is 27.2 Å². The quantitative estimate of drug-likeness (QED) is 0.711. The van der Waals surface area contributed by atoms with Gasteiger partial charge in [-0.15, -0.1) is 0 Å². The van der Waals surface area contributed by atoms with Gasteiger partial charge in [0.15, 0.2) is 23.0 Å². The Bertz CT molecular complexity index is 325. The molecule has 2 N–H and O–H groups in total. The second-order valence-corrected chi connectivity index (χ2v) is 4.97. The SMILES string of the molecule is CC(C)(C)OC(=O)N[C@@H](CCC(=O)O)C(=O)OI. The van der Waals surface area contributed by atoms with E-state index in [1.165, 1.54) is 23.0 Å². The molecule has 0 unspecified atom stereocenters. The minimum absolute atomic E-state index is 0.0591. The van der Waals surface area contributed by atoms with E-state index in [4.69, 9.17) is 9.84 Å². The predicted octanol–water partition coefficient (Wildman–Crippen LogP) is 1.64. The van der Waals surface area contributed by atoms with Gasteiger partial charge in [-0.3, -0.25) is 4.79 Å². The van der Waals surface area contributed by atoms with Crippen molar-refractivity contribution >= 4 is 41.0 Å². The van der Waals surface area contributed by atoms with Crippen LogP contribution in [0.5, 0.6) is 0 Å². The van der Waals surface area contributed by atoms with E-state index in [0.29, 0.717) is 0 Å². The molecule has 0 spiro atoms. The highest BCUT2D eigenvalue weighted by Gasteiger charge is 2.25. The second kappa shape index (κ2) is 7.39. The summed E-state index contributed by atoms with van der Waals surface area (Å²) in [5, 5.41) is 10.8. The Kier molecular flexibility index (Phi) is 6.96. The lowest BCUT2D eigenvalue weighted by atomic mass is 10.1. The van der Waals surface area contributed by atoms with E-state index in [1.54, 1.807) is 20.8 Å². The number of carboxylic acid groups (broad SMARTS) is 1. The lowest BCUT2D eigenvalue weighted by molar-refractivity contribution is -0.138. The van der Waals surface area contributed by atoms with Crippen molar-refractivity contribution in [2.24, 2.45) is 0 Å². The molecule has 0 aromatic carbocycles. The van der Waals surface area contributed by atoms with Gasteiger partial charge in [-0.2, -0.15) is 0 Å². The number of alkyl carbamates (subject to hydrolysis) is 1. The first-order valence-electron chi connectivity index (χ1n) is 5.19. The summed E-state index contributed by atoms with van der Waals surface area (Å²) in [4.78, 5) is 33.2. The average molecular weight is 373 g/mol. The average Bonchev–Trinajstić information content (AvgIpc) is 2.20. The molecule has 0 aromatic heterocycles. The van der Waals surface area contributed by atoms with Crippen LogP contribution >= 0.6 is 23.0 Å². The molecule has 0 saturated carbocycles. The first-order valence-corrected chi connectivity index (χ1v) is 6.07. The number of carbonyl (C=O) groups excluding carboxylic acids is 2. The minimum Gasteiger partial charge on any atom is -0.481 e. The Morgan fingerprint density at radius 1 is 1.33 bits per heavy atom. The summed E-state index contributed by atoms with van der Waals surface area (Å²) in [7, 11) is 0. The van der Waals surface area contributed by atoms with Crippen molar-refractivity contribution in [1.82, 2.24) is 5.32 Å². The van der Waals surface area contributed by atoms with E-state index in [9.17, 15) is 14.4 Å². The van der Waals surface area contributed by atoms with Crippen LogP contribution in [0.3, 0.4) is 0 Å². The van der Waals surface area contributed by atoms with Crippen molar-refractivity contribution < 1.29 is 27.3 Å². The highest BCUT2D eigenvalue weighted by atomic mass is 127.